The summed E-state index contributed by atoms with van der Waals surface area (Å²) in [5.74, 6) is 0.272. The molecule has 90 valence electrons. The molecule has 0 radical (unpaired) electrons. The molecule has 0 aliphatic rings. The van der Waals surface area contributed by atoms with Gasteiger partial charge < -0.3 is 0 Å². The number of nitrogens with one attached hydrogen (secondary N) is 1. The Hall–Kier alpha value is -1.17. The van der Waals surface area contributed by atoms with Crippen LogP contribution in [0.3, 0.4) is 0 Å². The average molecular weight is 243 g/mol. The molecule has 1 rings (SSSR count). The van der Waals surface area contributed by atoms with Crippen LogP contribution in [0.2, 0.25) is 0 Å². The Labute approximate surface area is 96.4 Å². The quantitative estimate of drug-likeness (QED) is 0.853. The van der Waals surface area contributed by atoms with Crippen molar-refractivity contribution >= 4 is 16.0 Å². The summed E-state index contributed by atoms with van der Waals surface area (Å²) in [5.41, 5.74) is 1.50. The standard InChI is InChI=1S/C10H17N3O2S/c1-4-5-6-16(14,15)13-10-11-8(2)7-9(3)12-10/h7H,4-6H2,1-3H3,(H,11,12,13). The van der Waals surface area contributed by atoms with Gasteiger partial charge in [0, 0.05) is 11.4 Å². The van der Waals surface area contributed by atoms with Crippen LogP contribution in [-0.4, -0.2) is 24.1 Å². The number of aryl methyl sites for hydroxylation is 2. The van der Waals surface area contributed by atoms with Crippen LogP contribution in [0.4, 0.5) is 5.95 Å². The maximum atomic E-state index is 11.6. The zero-order valence-corrected chi connectivity index (χ0v) is 10.6. The van der Waals surface area contributed by atoms with Gasteiger partial charge in [-0.3, -0.25) is 4.72 Å². The zero-order chi connectivity index (χ0) is 12.2. The fourth-order valence-corrected chi connectivity index (χ4v) is 2.44. The lowest BCUT2D eigenvalue weighted by Gasteiger charge is -2.07. The molecule has 6 heteroatoms. The van der Waals surface area contributed by atoms with E-state index in [1.807, 2.05) is 6.92 Å². The molecule has 0 amide bonds. The third-order valence-electron chi connectivity index (χ3n) is 2.00. The van der Waals surface area contributed by atoms with Gasteiger partial charge in [-0.2, -0.15) is 0 Å². The average Bonchev–Trinajstić information content (AvgIpc) is 2.12. The van der Waals surface area contributed by atoms with E-state index in [1.165, 1.54) is 0 Å². The Kier molecular flexibility index (Phi) is 4.23. The van der Waals surface area contributed by atoms with Crippen molar-refractivity contribution in [2.24, 2.45) is 0 Å². The smallest absolute Gasteiger partial charge is 0.236 e. The van der Waals surface area contributed by atoms with Crippen molar-refractivity contribution in [3.63, 3.8) is 0 Å². The molecule has 1 N–H and O–H groups in total. The lowest BCUT2D eigenvalue weighted by molar-refractivity contribution is 0.597. The Morgan fingerprint density at radius 3 is 2.31 bits per heavy atom. The summed E-state index contributed by atoms with van der Waals surface area (Å²) >= 11 is 0. The predicted molar refractivity (Wildman–Crippen MR) is 63.8 cm³/mol. The highest BCUT2D eigenvalue weighted by atomic mass is 32.2. The van der Waals surface area contributed by atoms with Gasteiger partial charge >= 0.3 is 0 Å². The molecule has 1 aromatic heterocycles. The molecule has 16 heavy (non-hydrogen) atoms. The minimum absolute atomic E-state index is 0.111. The van der Waals surface area contributed by atoms with Crippen LogP contribution < -0.4 is 4.72 Å². The van der Waals surface area contributed by atoms with Crippen molar-refractivity contribution in [1.82, 2.24) is 9.97 Å². The Morgan fingerprint density at radius 2 is 1.81 bits per heavy atom. The summed E-state index contributed by atoms with van der Waals surface area (Å²) in [6.07, 6.45) is 1.48. The number of sulfonamides is 1. The van der Waals surface area contributed by atoms with Crippen LogP contribution in [-0.2, 0) is 10.0 Å². The summed E-state index contributed by atoms with van der Waals surface area (Å²) < 4.78 is 25.6. The van der Waals surface area contributed by atoms with Gasteiger partial charge in [0.05, 0.1) is 5.75 Å². The maximum absolute atomic E-state index is 11.6. The third-order valence-corrected chi connectivity index (χ3v) is 3.32. The van der Waals surface area contributed by atoms with E-state index in [0.29, 0.717) is 6.42 Å². The molecular formula is C10H17N3O2S. The number of hydrogen-bond acceptors (Lipinski definition) is 4. The largest absolute Gasteiger partial charge is 0.251 e. The lowest BCUT2D eigenvalue weighted by atomic mass is 10.4. The van der Waals surface area contributed by atoms with Gasteiger partial charge in [0.1, 0.15) is 0 Å². The van der Waals surface area contributed by atoms with E-state index < -0.39 is 10.0 Å². The highest BCUT2D eigenvalue weighted by Crippen LogP contribution is 2.07. The molecule has 0 aliphatic heterocycles. The normalized spacial score (nSPS) is 11.4. The fourth-order valence-electron chi connectivity index (χ4n) is 1.30. The number of unbranched alkanes of at least 4 members (excludes halogenated alkanes) is 1. The summed E-state index contributed by atoms with van der Waals surface area (Å²) in [6, 6.07) is 1.80. The van der Waals surface area contributed by atoms with Crippen molar-refractivity contribution in [2.45, 2.75) is 33.6 Å². The van der Waals surface area contributed by atoms with Gasteiger partial charge in [-0.15, -0.1) is 0 Å². The molecular weight excluding hydrogens is 226 g/mol. The number of rotatable bonds is 5. The van der Waals surface area contributed by atoms with E-state index in [2.05, 4.69) is 14.7 Å². The van der Waals surface area contributed by atoms with Gasteiger partial charge in [0.25, 0.3) is 0 Å². The zero-order valence-electron chi connectivity index (χ0n) is 9.82. The van der Waals surface area contributed by atoms with Crippen molar-refractivity contribution in [3.05, 3.63) is 17.5 Å². The van der Waals surface area contributed by atoms with E-state index in [0.717, 1.165) is 17.8 Å². The van der Waals surface area contributed by atoms with E-state index >= 15 is 0 Å². The topological polar surface area (TPSA) is 72.0 Å². The SMILES string of the molecule is CCCCS(=O)(=O)Nc1nc(C)cc(C)n1. The van der Waals surface area contributed by atoms with E-state index in [1.54, 1.807) is 19.9 Å². The Morgan fingerprint density at radius 1 is 1.25 bits per heavy atom. The number of aromatic nitrogens is 2. The van der Waals surface area contributed by atoms with Gasteiger partial charge in [-0.05, 0) is 26.3 Å². The number of nitrogens with zero attached hydrogens (tertiary/aromatic N) is 2. The maximum Gasteiger partial charge on any atom is 0.236 e. The van der Waals surface area contributed by atoms with Crippen LogP contribution in [0, 0.1) is 13.8 Å². The minimum atomic E-state index is -3.31. The highest BCUT2D eigenvalue weighted by Gasteiger charge is 2.11. The molecule has 0 spiro atoms. The first-order chi connectivity index (χ1) is 7.43. The summed E-state index contributed by atoms with van der Waals surface area (Å²) in [4.78, 5) is 8.05. The highest BCUT2D eigenvalue weighted by molar-refractivity contribution is 7.92. The van der Waals surface area contributed by atoms with Crippen molar-refractivity contribution in [1.29, 1.82) is 0 Å². The summed E-state index contributed by atoms with van der Waals surface area (Å²) in [7, 11) is -3.31. The van der Waals surface area contributed by atoms with Crippen molar-refractivity contribution in [3.8, 4) is 0 Å². The first-order valence-electron chi connectivity index (χ1n) is 5.26. The number of hydrogen-bond donors (Lipinski definition) is 1. The second kappa shape index (κ2) is 5.25. The van der Waals surface area contributed by atoms with Gasteiger partial charge in [0.2, 0.25) is 16.0 Å². The first-order valence-corrected chi connectivity index (χ1v) is 6.91. The molecule has 5 nitrogen and oxygen atoms in total. The first kappa shape index (κ1) is 12.9. The molecule has 0 atom stereocenters. The fraction of sp³-hybridized carbons (Fsp3) is 0.600. The Balaban J connectivity index is 2.80. The van der Waals surface area contributed by atoms with Crippen LogP contribution in [0.5, 0.6) is 0 Å². The van der Waals surface area contributed by atoms with Crippen LogP contribution in [0.25, 0.3) is 0 Å². The molecule has 0 saturated heterocycles. The van der Waals surface area contributed by atoms with Gasteiger partial charge in [-0.1, -0.05) is 13.3 Å². The Bertz CT molecular complexity index is 437. The molecule has 0 aliphatic carbocycles. The molecule has 1 heterocycles. The lowest BCUT2D eigenvalue weighted by Crippen LogP contribution is -2.18. The van der Waals surface area contributed by atoms with E-state index in [-0.39, 0.29) is 11.7 Å². The van der Waals surface area contributed by atoms with Crippen LogP contribution in [0.15, 0.2) is 6.07 Å². The van der Waals surface area contributed by atoms with E-state index in [9.17, 15) is 8.42 Å². The molecule has 0 fully saturated rings. The van der Waals surface area contributed by atoms with Gasteiger partial charge in [0.15, 0.2) is 0 Å². The van der Waals surface area contributed by atoms with E-state index in [4.69, 9.17) is 0 Å². The number of anilines is 1. The van der Waals surface area contributed by atoms with Crippen molar-refractivity contribution in [2.75, 3.05) is 10.5 Å². The summed E-state index contributed by atoms with van der Waals surface area (Å²) in [6.45, 7) is 5.56. The predicted octanol–water partition coefficient (Wildman–Crippen LogP) is 1.64. The molecule has 0 bridgehead atoms. The van der Waals surface area contributed by atoms with Crippen molar-refractivity contribution < 1.29 is 8.42 Å². The second-order valence-electron chi connectivity index (χ2n) is 3.75. The molecule has 0 aromatic carbocycles. The van der Waals surface area contributed by atoms with Crippen LogP contribution in [0.1, 0.15) is 31.2 Å². The van der Waals surface area contributed by atoms with Crippen LogP contribution >= 0.6 is 0 Å². The summed E-state index contributed by atoms with van der Waals surface area (Å²) in [5, 5.41) is 0. The molecule has 1 aromatic rings. The minimum Gasteiger partial charge on any atom is -0.251 e. The third kappa shape index (κ3) is 4.14. The second-order valence-corrected chi connectivity index (χ2v) is 5.59. The molecule has 0 unspecified atom stereocenters. The van der Waals surface area contributed by atoms with Gasteiger partial charge in [-0.25, -0.2) is 18.4 Å². The monoisotopic (exact) mass is 243 g/mol. The molecule has 0 saturated carbocycles.